The van der Waals surface area contributed by atoms with Crippen molar-refractivity contribution in [2.45, 2.75) is 50.5 Å². The molecule has 22 heavy (non-hydrogen) atoms. The van der Waals surface area contributed by atoms with E-state index in [1.165, 1.54) is 31.5 Å². The molecule has 0 aliphatic carbocycles. The summed E-state index contributed by atoms with van der Waals surface area (Å²) in [6.45, 7) is 8.86. The van der Waals surface area contributed by atoms with Crippen molar-refractivity contribution in [2.75, 3.05) is 26.2 Å². The van der Waals surface area contributed by atoms with E-state index in [0.29, 0.717) is 6.04 Å². The lowest BCUT2D eigenvalue weighted by atomic mass is 9.95. The Hall–Kier alpha value is -0.710. The Morgan fingerprint density at radius 1 is 0.955 bits per heavy atom. The lowest BCUT2D eigenvalue weighted by Gasteiger charge is -2.40. The number of nitrogens with zero attached hydrogens (tertiary/aromatic N) is 2. The van der Waals surface area contributed by atoms with Crippen LogP contribution in [0.4, 0.5) is 0 Å². The topological polar surface area (TPSA) is 23.6 Å². The van der Waals surface area contributed by atoms with Gasteiger partial charge in [0, 0.05) is 19.1 Å². The van der Waals surface area contributed by atoms with Gasteiger partial charge in [0.15, 0.2) is 0 Å². The van der Waals surface area contributed by atoms with Gasteiger partial charge in [-0.1, -0.05) is 24.6 Å². The van der Waals surface area contributed by atoms with Crippen molar-refractivity contribution < 1.29 is 4.21 Å². The van der Waals surface area contributed by atoms with Crippen LogP contribution < -0.4 is 0 Å². The van der Waals surface area contributed by atoms with Crippen molar-refractivity contribution in [1.29, 1.82) is 0 Å². The summed E-state index contributed by atoms with van der Waals surface area (Å²) in [5.41, 5.74) is 1.22. The van der Waals surface area contributed by atoms with Crippen LogP contribution in [0, 0.1) is 12.8 Å². The van der Waals surface area contributed by atoms with Crippen LogP contribution in [0.2, 0.25) is 0 Å². The molecule has 2 heterocycles. The van der Waals surface area contributed by atoms with Crippen LogP contribution >= 0.6 is 0 Å². The Labute approximate surface area is 137 Å². The molecule has 0 spiro atoms. The third-order valence-corrected chi connectivity index (χ3v) is 6.72. The predicted octanol–water partition coefficient (Wildman–Crippen LogP) is 3.21. The molecule has 1 atom stereocenters. The van der Waals surface area contributed by atoms with Gasteiger partial charge in [0.2, 0.25) is 0 Å². The Balaban J connectivity index is 1.53. The Morgan fingerprint density at radius 3 is 2.14 bits per heavy atom. The Bertz CT molecular complexity index is 500. The molecule has 0 amide bonds. The van der Waals surface area contributed by atoms with E-state index in [1.54, 1.807) is 0 Å². The molecule has 1 aromatic carbocycles. The van der Waals surface area contributed by atoms with Crippen LogP contribution in [0.1, 0.15) is 38.2 Å². The minimum atomic E-state index is -0.989. The fourth-order valence-corrected chi connectivity index (χ4v) is 4.78. The minimum absolute atomic E-state index is 0.707. The van der Waals surface area contributed by atoms with E-state index in [0.717, 1.165) is 36.7 Å². The molecule has 2 aliphatic heterocycles. The third kappa shape index (κ3) is 3.79. The summed E-state index contributed by atoms with van der Waals surface area (Å²) in [5.74, 6) is 0.894. The van der Waals surface area contributed by atoms with Crippen molar-refractivity contribution in [3.63, 3.8) is 0 Å². The molecule has 0 radical (unpaired) electrons. The molecule has 2 aliphatic rings. The van der Waals surface area contributed by atoms with E-state index < -0.39 is 11.0 Å². The summed E-state index contributed by atoms with van der Waals surface area (Å²) in [7, 11) is -0.989. The molecule has 2 fully saturated rings. The van der Waals surface area contributed by atoms with Gasteiger partial charge in [-0.3, -0.25) is 0 Å². The normalized spacial score (nSPS) is 24.5. The van der Waals surface area contributed by atoms with Gasteiger partial charge >= 0.3 is 0 Å². The number of hydrogen-bond donors (Lipinski definition) is 0. The molecular weight excluding hydrogens is 292 g/mol. The maximum Gasteiger partial charge on any atom is 0.127 e. The van der Waals surface area contributed by atoms with Crippen LogP contribution in [-0.4, -0.2) is 45.6 Å². The molecule has 0 N–H and O–H groups in total. The molecule has 2 saturated heterocycles. The van der Waals surface area contributed by atoms with E-state index in [2.05, 4.69) is 35.2 Å². The van der Waals surface area contributed by atoms with Crippen LogP contribution in [0.3, 0.4) is 0 Å². The van der Waals surface area contributed by atoms with Crippen molar-refractivity contribution in [3.8, 4) is 0 Å². The lowest BCUT2D eigenvalue weighted by Crippen LogP contribution is -2.47. The minimum Gasteiger partial charge on any atom is -0.300 e. The zero-order valence-electron chi connectivity index (χ0n) is 13.8. The largest absolute Gasteiger partial charge is 0.300 e. The molecule has 0 saturated carbocycles. The highest BCUT2D eigenvalue weighted by Gasteiger charge is 2.29. The van der Waals surface area contributed by atoms with Gasteiger partial charge in [-0.15, -0.1) is 0 Å². The van der Waals surface area contributed by atoms with Gasteiger partial charge in [-0.05, 0) is 63.7 Å². The first-order valence-electron chi connectivity index (χ1n) is 8.61. The standard InChI is InChI=1S/C18H28N2OS/c1-15-3-5-18(6-4-15)22(21)20-13-9-17(10-14-20)19-11-7-16(2)8-12-19/h3-6,16-17H,7-14H2,1-2H3. The van der Waals surface area contributed by atoms with Crippen LogP contribution in [0.25, 0.3) is 0 Å². The van der Waals surface area contributed by atoms with Crippen molar-refractivity contribution in [3.05, 3.63) is 29.8 Å². The average Bonchev–Trinajstić information content (AvgIpc) is 2.56. The highest BCUT2D eigenvalue weighted by atomic mass is 32.2. The van der Waals surface area contributed by atoms with Gasteiger partial charge in [0.05, 0.1) is 4.90 Å². The molecule has 1 aromatic rings. The van der Waals surface area contributed by atoms with E-state index in [4.69, 9.17) is 0 Å². The number of piperidine rings is 2. The Kier molecular flexibility index (Phi) is 5.32. The molecule has 1 unspecified atom stereocenters. The van der Waals surface area contributed by atoms with E-state index in [-0.39, 0.29) is 0 Å². The lowest BCUT2D eigenvalue weighted by molar-refractivity contribution is 0.102. The molecule has 0 bridgehead atoms. The van der Waals surface area contributed by atoms with E-state index in [9.17, 15) is 4.21 Å². The summed E-state index contributed by atoms with van der Waals surface area (Å²) in [5, 5.41) is 0. The summed E-state index contributed by atoms with van der Waals surface area (Å²) in [6, 6.07) is 8.82. The zero-order chi connectivity index (χ0) is 15.5. The fourth-order valence-electron chi connectivity index (χ4n) is 3.57. The zero-order valence-corrected chi connectivity index (χ0v) is 14.6. The molecular formula is C18H28N2OS. The number of aryl methyl sites for hydroxylation is 1. The van der Waals surface area contributed by atoms with Crippen LogP contribution in [0.15, 0.2) is 29.2 Å². The summed E-state index contributed by atoms with van der Waals surface area (Å²) < 4.78 is 14.8. The van der Waals surface area contributed by atoms with Gasteiger partial charge in [0.1, 0.15) is 11.0 Å². The third-order valence-electron chi connectivity index (χ3n) is 5.22. The summed E-state index contributed by atoms with van der Waals surface area (Å²) in [4.78, 5) is 3.61. The smallest absolute Gasteiger partial charge is 0.127 e. The fraction of sp³-hybridized carbons (Fsp3) is 0.667. The van der Waals surface area contributed by atoms with Crippen molar-refractivity contribution in [2.24, 2.45) is 5.92 Å². The Morgan fingerprint density at radius 2 is 1.55 bits per heavy atom. The van der Waals surface area contributed by atoms with Gasteiger partial charge in [-0.25, -0.2) is 8.51 Å². The predicted molar refractivity (Wildman–Crippen MR) is 92.2 cm³/mol. The van der Waals surface area contributed by atoms with Gasteiger partial charge in [-0.2, -0.15) is 0 Å². The quantitative estimate of drug-likeness (QED) is 0.854. The number of likely N-dealkylation sites (tertiary alicyclic amines) is 1. The summed E-state index contributed by atoms with van der Waals surface area (Å²) >= 11 is 0. The van der Waals surface area contributed by atoms with Crippen LogP contribution in [0.5, 0.6) is 0 Å². The number of benzene rings is 1. The first-order valence-corrected chi connectivity index (χ1v) is 9.71. The summed E-state index contributed by atoms with van der Waals surface area (Å²) in [6.07, 6.45) is 5.00. The SMILES string of the molecule is Cc1ccc(S(=O)N2CCC(N3CCC(C)CC3)CC2)cc1. The monoisotopic (exact) mass is 320 g/mol. The average molecular weight is 321 g/mol. The molecule has 0 aromatic heterocycles. The maximum absolute atomic E-state index is 12.7. The number of rotatable bonds is 3. The maximum atomic E-state index is 12.7. The van der Waals surface area contributed by atoms with E-state index in [1.807, 2.05) is 12.1 Å². The van der Waals surface area contributed by atoms with Crippen molar-refractivity contribution in [1.82, 2.24) is 9.21 Å². The molecule has 3 nitrogen and oxygen atoms in total. The second kappa shape index (κ2) is 7.24. The van der Waals surface area contributed by atoms with Crippen molar-refractivity contribution >= 4 is 11.0 Å². The molecule has 4 heteroatoms. The van der Waals surface area contributed by atoms with E-state index >= 15 is 0 Å². The second-order valence-electron chi connectivity index (χ2n) is 6.94. The highest BCUT2D eigenvalue weighted by Crippen LogP contribution is 2.25. The first-order chi connectivity index (χ1) is 10.6. The molecule has 122 valence electrons. The van der Waals surface area contributed by atoms with Gasteiger partial charge in [0.25, 0.3) is 0 Å². The molecule has 3 rings (SSSR count). The number of hydrogen-bond acceptors (Lipinski definition) is 2. The first kappa shape index (κ1) is 16.2. The van der Waals surface area contributed by atoms with Crippen LogP contribution in [-0.2, 0) is 11.0 Å². The second-order valence-corrected chi connectivity index (χ2v) is 8.43. The van der Waals surface area contributed by atoms with Gasteiger partial charge < -0.3 is 4.90 Å². The highest BCUT2D eigenvalue weighted by molar-refractivity contribution is 7.82.